The van der Waals surface area contributed by atoms with Gasteiger partial charge in [0, 0.05) is 5.38 Å². The monoisotopic (exact) mass is 227 g/mol. The Labute approximate surface area is 91.9 Å². The van der Waals surface area contributed by atoms with Gasteiger partial charge in [-0.15, -0.1) is 11.3 Å². The lowest BCUT2D eigenvalue weighted by atomic mass is 10.3. The standard InChI is InChI=1S/C9H13N3O2S/c1-2-3-4-14-12-7(5-13)8-6-15-9(10)11-8/h5-6H,2-4H2,1H3,(H2,10,11). The predicted molar refractivity (Wildman–Crippen MR) is 60.0 cm³/mol. The summed E-state index contributed by atoms with van der Waals surface area (Å²) in [5.74, 6) is 0. The van der Waals surface area contributed by atoms with Crippen LogP contribution in [0.3, 0.4) is 0 Å². The summed E-state index contributed by atoms with van der Waals surface area (Å²) in [4.78, 5) is 19.6. The number of nitrogens with zero attached hydrogens (tertiary/aromatic N) is 2. The first-order chi connectivity index (χ1) is 7.27. The molecule has 0 bridgehead atoms. The molecule has 0 aliphatic carbocycles. The number of unbranched alkanes of at least 4 members (excludes halogenated alkanes) is 1. The van der Waals surface area contributed by atoms with Crippen molar-refractivity contribution in [1.29, 1.82) is 0 Å². The van der Waals surface area contributed by atoms with Gasteiger partial charge in [0.15, 0.2) is 17.1 Å². The zero-order chi connectivity index (χ0) is 11.1. The van der Waals surface area contributed by atoms with E-state index in [1.54, 1.807) is 5.38 Å². The van der Waals surface area contributed by atoms with E-state index in [-0.39, 0.29) is 5.71 Å². The van der Waals surface area contributed by atoms with Crippen molar-refractivity contribution in [3.05, 3.63) is 11.1 Å². The normalized spacial score (nSPS) is 11.4. The van der Waals surface area contributed by atoms with E-state index in [1.165, 1.54) is 11.3 Å². The molecule has 15 heavy (non-hydrogen) atoms. The average molecular weight is 227 g/mol. The maximum atomic E-state index is 10.7. The molecule has 1 heterocycles. The van der Waals surface area contributed by atoms with Crippen molar-refractivity contribution in [2.45, 2.75) is 19.8 Å². The summed E-state index contributed by atoms with van der Waals surface area (Å²) in [5.41, 5.74) is 6.08. The van der Waals surface area contributed by atoms with Crippen LogP contribution >= 0.6 is 11.3 Å². The number of hydrogen-bond donors (Lipinski definition) is 1. The first kappa shape index (κ1) is 11.6. The lowest BCUT2D eigenvalue weighted by Gasteiger charge is -1.97. The van der Waals surface area contributed by atoms with Crippen molar-refractivity contribution in [3.8, 4) is 0 Å². The van der Waals surface area contributed by atoms with E-state index in [2.05, 4.69) is 17.1 Å². The van der Waals surface area contributed by atoms with Crippen molar-refractivity contribution in [1.82, 2.24) is 4.98 Å². The number of anilines is 1. The number of nitrogen functional groups attached to an aromatic ring is 1. The van der Waals surface area contributed by atoms with Crippen LogP contribution in [0.2, 0.25) is 0 Å². The summed E-state index contributed by atoms with van der Waals surface area (Å²) in [7, 11) is 0. The molecule has 0 saturated heterocycles. The molecule has 5 nitrogen and oxygen atoms in total. The van der Waals surface area contributed by atoms with Crippen molar-refractivity contribution < 1.29 is 9.63 Å². The summed E-state index contributed by atoms with van der Waals surface area (Å²) in [6.45, 7) is 2.56. The number of nitrogens with two attached hydrogens (primary N) is 1. The van der Waals surface area contributed by atoms with E-state index in [0.717, 1.165) is 12.8 Å². The summed E-state index contributed by atoms with van der Waals surface area (Å²) in [6.07, 6.45) is 2.55. The van der Waals surface area contributed by atoms with E-state index < -0.39 is 0 Å². The van der Waals surface area contributed by atoms with Gasteiger partial charge in [-0.2, -0.15) is 0 Å². The largest absolute Gasteiger partial charge is 0.395 e. The fourth-order valence-corrected chi connectivity index (χ4v) is 1.41. The van der Waals surface area contributed by atoms with Gasteiger partial charge in [0.25, 0.3) is 0 Å². The maximum Gasteiger partial charge on any atom is 0.180 e. The smallest absolute Gasteiger partial charge is 0.180 e. The van der Waals surface area contributed by atoms with Crippen LogP contribution in [0.4, 0.5) is 5.13 Å². The second-order valence-corrected chi connectivity index (χ2v) is 3.74. The highest BCUT2D eigenvalue weighted by Gasteiger charge is 2.07. The van der Waals surface area contributed by atoms with Crippen molar-refractivity contribution >= 4 is 28.5 Å². The van der Waals surface area contributed by atoms with Crippen LogP contribution in [0.1, 0.15) is 25.5 Å². The molecule has 1 aromatic rings. The summed E-state index contributed by atoms with van der Waals surface area (Å²) < 4.78 is 0. The van der Waals surface area contributed by atoms with Crippen LogP contribution in [0.5, 0.6) is 0 Å². The van der Waals surface area contributed by atoms with Gasteiger partial charge >= 0.3 is 0 Å². The second-order valence-electron chi connectivity index (χ2n) is 2.85. The molecule has 0 radical (unpaired) electrons. The molecule has 1 aromatic heterocycles. The molecular weight excluding hydrogens is 214 g/mol. The van der Waals surface area contributed by atoms with Crippen molar-refractivity contribution in [2.75, 3.05) is 12.3 Å². The van der Waals surface area contributed by atoms with E-state index in [4.69, 9.17) is 10.6 Å². The Morgan fingerprint density at radius 2 is 2.60 bits per heavy atom. The van der Waals surface area contributed by atoms with Gasteiger partial charge in [-0.1, -0.05) is 18.5 Å². The first-order valence-corrected chi connectivity index (χ1v) is 5.52. The molecule has 6 heteroatoms. The second kappa shape index (κ2) is 6.13. The van der Waals surface area contributed by atoms with Gasteiger partial charge in [0.1, 0.15) is 12.3 Å². The lowest BCUT2D eigenvalue weighted by molar-refractivity contribution is -0.102. The number of aromatic nitrogens is 1. The zero-order valence-corrected chi connectivity index (χ0v) is 9.29. The highest BCUT2D eigenvalue weighted by Crippen LogP contribution is 2.11. The van der Waals surface area contributed by atoms with Crippen LogP contribution in [-0.4, -0.2) is 23.6 Å². The summed E-state index contributed by atoms with van der Waals surface area (Å²) >= 11 is 1.26. The molecule has 2 N–H and O–H groups in total. The minimum Gasteiger partial charge on any atom is -0.395 e. The van der Waals surface area contributed by atoms with Crippen molar-refractivity contribution in [3.63, 3.8) is 0 Å². The predicted octanol–water partition coefficient (Wildman–Crippen LogP) is 1.44. The third-order valence-electron chi connectivity index (χ3n) is 1.65. The molecule has 0 saturated carbocycles. The summed E-state index contributed by atoms with van der Waals surface area (Å²) in [6, 6.07) is 0. The Morgan fingerprint density at radius 3 is 3.13 bits per heavy atom. The molecule has 0 fully saturated rings. The van der Waals surface area contributed by atoms with Gasteiger partial charge in [-0.05, 0) is 6.42 Å². The third kappa shape index (κ3) is 3.67. The number of carbonyl (C=O) groups is 1. The molecule has 0 unspecified atom stereocenters. The Morgan fingerprint density at radius 1 is 1.80 bits per heavy atom. The fraction of sp³-hybridized carbons (Fsp3) is 0.444. The third-order valence-corrected chi connectivity index (χ3v) is 2.32. The Bertz CT molecular complexity index is 349. The number of thiazole rings is 1. The Hall–Kier alpha value is -1.43. The van der Waals surface area contributed by atoms with E-state index in [9.17, 15) is 4.79 Å². The number of hydrogen-bond acceptors (Lipinski definition) is 6. The highest BCUT2D eigenvalue weighted by atomic mass is 32.1. The molecule has 82 valence electrons. The lowest BCUT2D eigenvalue weighted by Crippen LogP contribution is -2.04. The van der Waals surface area contributed by atoms with Crippen LogP contribution in [0.25, 0.3) is 0 Å². The molecule has 0 aliphatic heterocycles. The van der Waals surface area contributed by atoms with E-state index in [1.807, 2.05) is 0 Å². The molecule has 0 atom stereocenters. The van der Waals surface area contributed by atoms with Crippen molar-refractivity contribution in [2.24, 2.45) is 5.16 Å². The van der Waals surface area contributed by atoms with Crippen LogP contribution in [0, 0.1) is 0 Å². The van der Waals surface area contributed by atoms with Crippen LogP contribution in [0.15, 0.2) is 10.5 Å². The zero-order valence-electron chi connectivity index (χ0n) is 8.47. The number of rotatable bonds is 6. The summed E-state index contributed by atoms with van der Waals surface area (Å²) in [5, 5.41) is 5.78. The number of oxime groups is 1. The quantitative estimate of drug-likeness (QED) is 0.345. The molecule has 1 rings (SSSR count). The van der Waals surface area contributed by atoms with Gasteiger partial charge in [-0.3, -0.25) is 4.79 Å². The van der Waals surface area contributed by atoms with Crippen LogP contribution < -0.4 is 5.73 Å². The molecule has 0 amide bonds. The molecular formula is C9H13N3O2S. The van der Waals surface area contributed by atoms with Gasteiger partial charge in [0.2, 0.25) is 0 Å². The van der Waals surface area contributed by atoms with E-state index >= 15 is 0 Å². The van der Waals surface area contributed by atoms with E-state index in [0.29, 0.717) is 23.7 Å². The van der Waals surface area contributed by atoms with Gasteiger partial charge in [-0.25, -0.2) is 4.98 Å². The Kier molecular flexibility index (Phi) is 4.76. The molecule has 0 aliphatic rings. The molecule has 0 aromatic carbocycles. The maximum absolute atomic E-state index is 10.7. The topological polar surface area (TPSA) is 77.6 Å². The number of aldehydes is 1. The minimum absolute atomic E-state index is 0.180. The highest BCUT2D eigenvalue weighted by molar-refractivity contribution is 7.13. The average Bonchev–Trinajstić information content (AvgIpc) is 2.65. The van der Waals surface area contributed by atoms with Gasteiger partial charge < -0.3 is 10.6 Å². The fourth-order valence-electron chi connectivity index (χ4n) is 0.858. The number of carbonyl (C=O) groups excluding carboxylic acids is 1. The Balaban J connectivity index is 2.59. The molecule has 0 spiro atoms. The SMILES string of the molecule is CCCCON=C(C=O)c1csc(N)n1. The van der Waals surface area contributed by atoms with Crippen LogP contribution in [-0.2, 0) is 9.63 Å². The first-order valence-electron chi connectivity index (χ1n) is 4.64. The minimum atomic E-state index is 0.180. The van der Waals surface area contributed by atoms with Gasteiger partial charge in [0.05, 0.1) is 0 Å².